The summed E-state index contributed by atoms with van der Waals surface area (Å²) in [4.78, 5) is 24.2. The van der Waals surface area contributed by atoms with E-state index in [0.717, 1.165) is 6.42 Å². The molecular formula is C17H24O5. The highest BCUT2D eigenvalue weighted by Crippen LogP contribution is 2.17. The standard InChI is InChI=1S/C17H24O5/c1-5-21-16(18)14-8-6-7-9-15(14)17(19)22-13(3)12(2)10-11-20-4/h6-9,12-13H,5,10-11H2,1-4H3. The Morgan fingerprint density at radius 3 is 2.23 bits per heavy atom. The van der Waals surface area contributed by atoms with Gasteiger partial charge in [0.1, 0.15) is 6.10 Å². The zero-order valence-electron chi connectivity index (χ0n) is 13.6. The first-order valence-electron chi connectivity index (χ1n) is 7.47. The first-order chi connectivity index (χ1) is 10.5. The molecule has 0 fully saturated rings. The molecule has 0 aliphatic heterocycles. The molecule has 1 rings (SSSR count). The zero-order chi connectivity index (χ0) is 16.5. The van der Waals surface area contributed by atoms with Gasteiger partial charge in [-0.05, 0) is 38.3 Å². The van der Waals surface area contributed by atoms with E-state index in [1.165, 1.54) is 0 Å². The van der Waals surface area contributed by atoms with E-state index in [4.69, 9.17) is 14.2 Å². The quantitative estimate of drug-likeness (QED) is 0.691. The molecule has 5 nitrogen and oxygen atoms in total. The van der Waals surface area contributed by atoms with Gasteiger partial charge in [-0.2, -0.15) is 0 Å². The van der Waals surface area contributed by atoms with Crippen molar-refractivity contribution in [3.63, 3.8) is 0 Å². The lowest BCUT2D eigenvalue weighted by atomic mass is 10.0. The summed E-state index contributed by atoms with van der Waals surface area (Å²) < 4.78 is 15.5. The second kappa shape index (κ2) is 9.20. The Labute approximate surface area is 131 Å². The zero-order valence-corrected chi connectivity index (χ0v) is 13.6. The van der Waals surface area contributed by atoms with Crippen molar-refractivity contribution in [1.29, 1.82) is 0 Å². The van der Waals surface area contributed by atoms with Gasteiger partial charge in [-0.15, -0.1) is 0 Å². The van der Waals surface area contributed by atoms with Crippen LogP contribution in [-0.4, -0.2) is 38.4 Å². The summed E-state index contributed by atoms with van der Waals surface area (Å²) >= 11 is 0. The predicted octanol–water partition coefficient (Wildman–Crippen LogP) is 3.08. The number of benzene rings is 1. The second-order valence-electron chi connectivity index (χ2n) is 5.14. The number of carbonyl (C=O) groups excluding carboxylic acids is 2. The van der Waals surface area contributed by atoms with Gasteiger partial charge in [-0.25, -0.2) is 9.59 Å². The average Bonchev–Trinajstić information content (AvgIpc) is 2.52. The lowest BCUT2D eigenvalue weighted by Crippen LogP contribution is -2.24. The summed E-state index contributed by atoms with van der Waals surface area (Å²) in [6.07, 6.45) is 0.530. The highest BCUT2D eigenvalue weighted by atomic mass is 16.5. The Balaban J connectivity index is 2.79. The van der Waals surface area contributed by atoms with Crippen molar-refractivity contribution in [1.82, 2.24) is 0 Å². The summed E-state index contributed by atoms with van der Waals surface area (Å²) in [7, 11) is 1.64. The summed E-state index contributed by atoms with van der Waals surface area (Å²) in [6, 6.07) is 6.51. The molecule has 0 radical (unpaired) electrons. The molecular weight excluding hydrogens is 284 g/mol. The van der Waals surface area contributed by atoms with Crippen LogP contribution in [0.5, 0.6) is 0 Å². The SMILES string of the molecule is CCOC(=O)c1ccccc1C(=O)OC(C)C(C)CCOC. The Morgan fingerprint density at radius 1 is 1.09 bits per heavy atom. The van der Waals surface area contributed by atoms with E-state index in [0.29, 0.717) is 6.61 Å². The fourth-order valence-electron chi connectivity index (χ4n) is 1.93. The maximum Gasteiger partial charge on any atom is 0.339 e. The molecule has 1 aromatic carbocycles. The number of rotatable bonds is 8. The first-order valence-corrected chi connectivity index (χ1v) is 7.47. The number of hydrogen-bond donors (Lipinski definition) is 0. The number of methoxy groups -OCH3 is 1. The third kappa shape index (κ3) is 5.15. The molecule has 5 heteroatoms. The maximum absolute atomic E-state index is 12.3. The molecule has 0 aliphatic rings. The minimum absolute atomic E-state index is 0.165. The van der Waals surface area contributed by atoms with E-state index >= 15 is 0 Å². The number of esters is 2. The van der Waals surface area contributed by atoms with Gasteiger partial charge in [-0.1, -0.05) is 19.1 Å². The van der Waals surface area contributed by atoms with Gasteiger partial charge in [0.25, 0.3) is 0 Å². The second-order valence-corrected chi connectivity index (χ2v) is 5.14. The topological polar surface area (TPSA) is 61.8 Å². The molecule has 1 aromatic rings. The van der Waals surface area contributed by atoms with E-state index in [1.54, 1.807) is 38.3 Å². The van der Waals surface area contributed by atoms with Crippen molar-refractivity contribution >= 4 is 11.9 Å². The molecule has 2 unspecified atom stereocenters. The van der Waals surface area contributed by atoms with Crippen molar-refractivity contribution in [3.8, 4) is 0 Å². The molecule has 0 spiro atoms. The Hall–Kier alpha value is -1.88. The monoisotopic (exact) mass is 308 g/mol. The molecule has 0 bridgehead atoms. The van der Waals surface area contributed by atoms with Crippen molar-refractivity contribution < 1.29 is 23.8 Å². The van der Waals surface area contributed by atoms with Crippen LogP contribution in [-0.2, 0) is 14.2 Å². The Bertz CT molecular complexity index is 498. The van der Waals surface area contributed by atoms with Crippen LogP contribution in [0.1, 0.15) is 47.9 Å². The van der Waals surface area contributed by atoms with Gasteiger partial charge in [0.15, 0.2) is 0 Å². The number of carbonyl (C=O) groups is 2. The predicted molar refractivity (Wildman–Crippen MR) is 82.9 cm³/mol. The fraction of sp³-hybridized carbons (Fsp3) is 0.529. The molecule has 122 valence electrons. The summed E-state index contributed by atoms with van der Waals surface area (Å²) in [6.45, 7) is 6.42. The van der Waals surface area contributed by atoms with Gasteiger partial charge in [0, 0.05) is 13.7 Å². The van der Waals surface area contributed by atoms with Crippen LogP contribution in [0.4, 0.5) is 0 Å². The number of hydrogen-bond acceptors (Lipinski definition) is 5. The van der Waals surface area contributed by atoms with Gasteiger partial charge in [0.05, 0.1) is 17.7 Å². The largest absolute Gasteiger partial charge is 0.462 e. The van der Waals surface area contributed by atoms with E-state index in [1.807, 2.05) is 13.8 Å². The molecule has 0 amide bonds. The lowest BCUT2D eigenvalue weighted by molar-refractivity contribution is 0.0168. The lowest BCUT2D eigenvalue weighted by Gasteiger charge is -2.20. The van der Waals surface area contributed by atoms with Crippen LogP contribution in [0.2, 0.25) is 0 Å². The molecule has 0 aliphatic carbocycles. The van der Waals surface area contributed by atoms with Gasteiger partial charge < -0.3 is 14.2 Å². The van der Waals surface area contributed by atoms with Gasteiger partial charge in [-0.3, -0.25) is 0 Å². The van der Waals surface area contributed by atoms with Crippen molar-refractivity contribution in [3.05, 3.63) is 35.4 Å². The normalized spacial score (nSPS) is 13.3. The van der Waals surface area contributed by atoms with Crippen LogP contribution in [0.25, 0.3) is 0 Å². The third-order valence-electron chi connectivity index (χ3n) is 3.51. The van der Waals surface area contributed by atoms with E-state index in [2.05, 4.69) is 0 Å². The Morgan fingerprint density at radius 2 is 1.68 bits per heavy atom. The summed E-state index contributed by atoms with van der Waals surface area (Å²) in [5.41, 5.74) is 0.456. The van der Waals surface area contributed by atoms with Gasteiger partial charge >= 0.3 is 11.9 Å². The average molecular weight is 308 g/mol. The first kappa shape index (κ1) is 18.2. The van der Waals surface area contributed by atoms with Crippen molar-refractivity contribution in [2.75, 3.05) is 20.3 Å². The fourth-order valence-corrected chi connectivity index (χ4v) is 1.93. The molecule has 0 aromatic heterocycles. The van der Waals surface area contributed by atoms with Crippen LogP contribution >= 0.6 is 0 Å². The minimum Gasteiger partial charge on any atom is -0.462 e. The Kier molecular flexibility index (Phi) is 7.60. The minimum atomic E-state index is -0.518. The summed E-state index contributed by atoms with van der Waals surface area (Å²) in [5.74, 6) is -0.866. The van der Waals surface area contributed by atoms with Gasteiger partial charge in [0.2, 0.25) is 0 Å². The van der Waals surface area contributed by atoms with Crippen molar-refractivity contribution in [2.45, 2.75) is 33.3 Å². The van der Waals surface area contributed by atoms with Crippen LogP contribution < -0.4 is 0 Å². The molecule has 2 atom stereocenters. The molecule has 0 saturated carbocycles. The molecule has 22 heavy (non-hydrogen) atoms. The van der Waals surface area contributed by atoms with Crippen molar-refractivity contribution in [2.24, 2.45) is 5.92 Å². The third-order valence-corrected chi connectivity index (χ3v) is 3.51. The highest BCUT2D eigenvalue weighted by Gasteiger charge is 2.22. The van der Waals surface area contributed by atoms with E-state index in [-0.39, 0.29) is 29.8 Å². The van der Waals surface area contributed by atoms with Crippen LogP contribution in [0, 0.1) is 5.92 Å². The molecule has 0 heterocycles. The van der Waals surface area contributed by atoms with E-state index in [9.17, 15) is 9.59 Å². The smallest absolute Gasteiger partial charge is 0.339 e. The number of ether oxygens (including phenoxy) is 3. The maximum atomic E-state index is 12.3. The van der Waals surface area contributed by atoms with Crippen LogP contribution in [0.15, 0.2) is 24.3 Å². The summed E-state index contributed by atoms with van der Waals surface area (Å²) in [5, 5.41) is 0. The highest BCUT2D eigenvalue weighted by molar-refractivity contribution is 6.03. The molecule has 0 saturated heterocycles. The van der Waals surface area contributed by atoms with E-state index < -0.39 is 11.9 Å². The molecule has 0 N–H and O–H groups in total. The van der Waals surface area contributed by atoms with Crippen LogP contribution in [0.3, 0.4) is 0 Å².